The van der Waals surface area contributed by atoms with Crippen LogP contribution in [0.15, 0.2) is 47.6 Å². The van der Waals surface area contributed by atoms with Gasteiger partial charge in [-0.3, -0.25) is 9.59 Å². The first-order chi connectivity index (χ1) is 14.5. The van der Waals surface area contributed by atoms with Crippen molar-refractivity contribution in [3.05, 3.63) is 42.5 Å². The van der Waals surface area contributed by atoms with E-state index in [0.717, 1.165) is 22.8 Å². The van der Waals surface area contributed by atoms with E-state index in [4.69, 9.17) is 4.84 Å². The maximum absolute atomic E-state index is 13.0. The average Bonchev–Trinajstić information content (AvgIpc) is 3.31. The number of aryl methyl sites for hydroxylation is 1. The van der Waals surface area contributed by atoms with Crippen LogP contribution < -0.4 is 5.32 Å². The number of hydrogen-bond donors (Lipinski definition) is 1. The molecule has 0 aliphatic carbocycles. The molecular weight excluding hydrogens is 380 g/mol. The first kappa shape index (κ1) is 19.9. The van der Waals surface area contributed by atoms with Crippen molar-refractivity contribution in [2.75, 3.05) is 18.5 Å². The summed E-state index contributed by atoms with van der Waals surface area (Å²) in [6.45, 7) is 7.07. The fourth-order valence-corrected chi connectivity index (χ4v) is 4.19. The van der Waals surface area contributed by atoms with Gasteiger partial charge in [0.2, 0.25) is 11.8 Å². The highest BCUT2D eigenvalue weighted by atomic mass is 16.6. The third-order valence-corrected chi connectivity index (χ3v) is 5.54. The van der Waals surface area contributed by atoms with Crippen LogP contribution in [0.25, 0.3) is 21.8 Å². The normalized spacial score (nSPS) is 17.8. The molecule has 7 heteroatoms. The Labute approximate surface area is 175 Å². The summed E-state index contributed by atoms with van der Waals surface area (Å²) >= 11 is 0. The Kier molecular flexibility index (Phi) is 5.44. The van der Waals surface area contributed by atoms with E-state index in [1.165, 1.54) is 17.3 Å². The monoisotopic (exact) mass is 406 g/mol. The maximum atomic E-state index is 13.0. The SMILES string of the molecule is CCO/N=C1\C[C@@H](C(=O)Nc2ccc3c(c2)c2ccccc2n3CC)N(C(C)=O)C1. The van der Waals surface area contributed by atoms with Gasteiger partial charge in [-0.25, -0.2) is 0 Å². The van der Waals surface area contributed by atoms with Gasteiger partial charge >= 0.3 is 0 Å². The van der Waals surface area contributed by atoms with Crippen molar-refractivity contribution < 1.29 is 14.4 Å². The predicted molar refractivity (Wildman–Crippen MR) is 119 cm³/mol. The molecule has 1 aliphatic rings. The lowest BCUT2D eigenvalue weighted by Gasteiger charge is -2.21. The lowest BCUT2D eigenvalue weighted by Crippen LogP contribution is -2.42. The van der Waals surface area contributed by atoms with Crippen LogP contribution in [0, 0.1) is 0 Å². The number of amides is 2. The summed E-state index contributed by atoms with van der Waals surface area (Å²) in [7, 11) is 0. The van der Waals surface area contributed by atoms with Gasteiger partial charge in [0, 0.05) is 47.4 Å². The van der Waals surface area contributed by atoms with Crippen molar-refractivity contribution >= 4 is 45.0 Å². The molecule has 1 fully saturated rings. The number of benzene rings is 2. The molecule has 1 atom stereocenters. The Bertz CT molecular complexity index is 1150. The minimum atomic E-state index is -0.589. The number of rotatable bonds is 5. The molecule has 2 aromatic carbocycles. The van der Waals surface area contributed by atoms with Gasteiger partial charge in [-0.2, -0.15) is 0 Å². The van der Waals surface area contributed by atoms with E-state index >= 15 is 0 Å². The summed E-state index contributed by atoms with van der Waals surface area (Å²) in [6, 6.07) is 13.6. The number of carbonyl (C=O) groups excluding carboxylic acids is 2. The van der Waals surface area contributed by atoms with Crippen LogP contribution in [0.2, 0.25) is 0 Å². The number of oxime groups is 1. The molecule has 1 aliphatic heterocycles. The zero-order valence-electron chi connectivity index (χ0n) is 17.5. The summed E-state index contributed by atoms with van der Waals surface area (Å²) in [4.78, 5) is 31.7. The zero-order valence-corrected chi connectivity index (χ0v) is 17.5. The Morgan fingerprint density at radius 2 is 1.90 bits per heavy atom. The Morgan fingerprint density at radius 1 is 1.13 bits per heavy atom. The quantitative estimate of drug-likeness (QED) is 0.656. The first-order valence-electron chi connectivity index (χ1n) is 10.3. The number of fused-ring (bicyclic) bond motifs is 3. The van der Waals surface area contributed by atoms with Crippen LogP contribution in [0.4, 0.5) is 5.69 Å². The highest BCUT2D eigenvalue weighted by Crippen LogP contribution is 2.31. The lowest BCUT2D eigenvalue weighted by molar-refractivity contribution is -0.134. The average molecular weight is 406 g/mol. The minimum absolute atomic E-state index is 0.154. The van der Waals surface area contributed by atoms with Crippen LogP contribution in [-0.4, -0.2) is 46.2 Å². The van der Waals surface area contributed by atoms with Crippen LogP contribution in [-0.2, 0) is 21.0 Å². The smallest absolute Gasteiger partial charge is 0.247 e. The summed E-state index contributed by atoms with van der Waals surface area (Å²) in [5.74, 6) is -0.371. The number of carbonyl (C=O) groups is 2. The molecule has 2 amide bonds. The second-order valence-corrected chi connectivity index (χ2v) is 7.42. The molecular formula is C23H26N4O3. The van der Waals surface area contributed by atoms with E-state index in [1.54, 1.807) is 0 Å². The minimum Gasteiger partial charge on any atom is -0.396 e. The molecule has 1 saturated heterocycles. The molecule has 2 heterocycles. The molecule has 1 aromatic heterocycles. The third kappa shape index (κ3) is 3.51. The van der Waals surface area contributed by atoms with Crippen molar-refractivity contribution in [1.82, 2.24) is 9.47 Å². The van der Waals surface area contributed by atoms with Crippen molar-refractivity contribution in [2.45, 2.75) is 39.8 Å². The van der Waals surface area contributed by atoms with Gasteiger partial charge in [-0.1, -0.05) is 23.4 Å². The largest absolute Gasteiger partial charge is 0.396 e. The Hall–Kier alpha value is -3.35. The number of likely N-dealkylation sites (tertiary alicyclic amines) is 1. The topological polar surface area (TPSA) is 75.9 Å². The van der Waals surface area contributed by atoms with Gasteiger partial charge in [-0.15, -0.1) is 0 Å². The predicted octanol–water partition coefficient (Wildman–Crippen LogP) is 3.77. The van der Waals surface area contributed by atoms with Crippen molar-refractivity contribution in [3.63, 3.8) is 0 Å². The fraction of sp³-hybridized carbons (Fsp3) is 0.348. The summed E-state index contributed by atoms with van der Waals surface area (Å²) in [5.41, 5.74) is 3.72. The zero-order chi connectivity index (χ0) is 21.3. The Balaban J connectivity index is 1.63. The van der Waals surface area contributed by atoms with Crippen LogP contribution in [0.5, 0.6) is 0 Å². The van der Waals surface area contributed by atoms with Crippen molar-refractivity contribution in [3.8, 4) is 0 Å². The van der Waals surface area contributed by atoms with Crippen LogP contribution >= 0.6 is 0 Å². The molecule has 0 saturated carbocycles. The molecule has 156 valence electrons. The summed E-state index contributed by atoms with van der Waals surface area (Å²) < 4.78 is 2.27. The molecule has 0 spiro atoms. The van der Waals surface area contributed by atoms with Gasteiger partial charge < -0.3 is 19.6 Å². The van der Waals surface area contributed by atoms with Crippen molar-refractivity contribution in [1.29, 1.82) is 0 Å². The van der Waals surface area contributed by atoms with Crippen LogP contribution in [0.3, 0.4) is 0 Å². The van der Waals surface area contributed by atoms with E-state index in [-0.39, 0.29) is 11.8 Å². The van der Waals surface area contributed by atoms with Gasteiger partial charge in [0.05, 0.1) is 12.3 Å². The molecule has 7 nitrogen and oxygen atoms in total. The fourth-order valence-electron chi connectivity index (χ4n) is 4.19. The van der Waals surface area contributed by atoms with Crippen LogP contribution in [0.1, 0.15) is 27.2 Å². The molecule has 30 heavy (non-hydrogen) atoms. The van der Waals surface area contributed by atoms with Gasteiger partial charge in [-0.05, 0) is 38.1 Å². The standard InChI is InChI=1S/C23H26N4O3/c1-4-26-20-9-7-6-8-18(20)19-12-16(10-11-21(19)26)24-23(29)22-13-17(25-30-5-2)14-27(22)15(3)28/h6-12,22H,4-5,13-14H2,1-3H3,(H,24,29)/b25-17+/t22-/m0/s1. The van der Waals surface area contributed by atoms with Gasteiger partial charge in [0.15, 0.2) is 0 Å². The molecule has 4 rings (SSSR count). The highest BCUT2D eigenvalue weighted by Gasteiger charge is 2.36. The maximum Gasteiger partial charge on any atom is 0.247 e. The molecule has 3 aromatic rings. The van der Waals surface area contributed by atoms with Crippen molar-refractivity contribution in [2.24, 2.45) is 5.16 Å². The molecule has 1 N–H and O–H groups in total. The molecule has 0 radical (unpaired) electrons. The Morgan fingerprint density at radius 3 is 2.63 bits per heavy atom. The van der Waals surface area contributed by atoms with Gasteiger partial charge in [0.1, 0.15) is 12.6 Å². The highest BCUT2D eigenvalue weighted by molar-refractivity contribution is 6.10. The summed E-state index contributed by atoms with van der Waals surface area (Å²) in [6.07, 6.45) is 0.378. The van der Waals surface area contributed by atoms with E-state index in [9.17, 15) is 9.59 Å². The van der Waals surface area contributed by atoms with E-state index < -0.39 is 6.04 Å². The van der Waals surface area contributed by atoms with Gasteiger partial charge in [0.25, 0.3) is 0 Å². The number of nitrogens with one attached hydrogen (secondary N) is 1. The number of aromatic nitrogens is 1. The second-order valence-electron chi connectivity index (χ2n) is 7.42. The third-order valence-electron chi connectivity index (χ3n) is 5.54. The number of hydrogen-bond acceptors (Lipinski definition) is 4. The summed E-state index contributed by atoms with van der Waals surface area (Å²) in [5, 5.41) is 9.28. The lowest BCUT2D eigenvalue weighted by atomic mass is 10.1. The van der Waals surface area contributed by atoms with E-state index in [2.05, 4.69) is 34.1 Å². The second kappa shape index (κ2) is 8.18. The number of nitrogens with zero attached hydrogens (tertiary/aromatic N) is 3. The molecule has 0 bridgehead atoms. The number of para-hydroxylation sites is 1. The molecule has 0 unspecified atom stereocenters. The first-order valence-corrected chi connectivity index (χ1v) is 10.3. The van der Waals surface area contributed by atoms with E-state index in [1.807, 2.05) is 37.3 Å². The van der Waals surface area contributed by atoms with E-state index in [0.29, 0.717) is 31.0 Å². The number of anilines is 1.